The van der Waals surface area contributed by atoms with Gasteiger partial charge in [0, 0.05) is 19.1 Å². The molecular formula is C17H24N4O4S2. The van der Waals surface area contributed by atoms with E-state index in [1.54, 1.807) is 27.9 Å². The molecule has 3 heterocycles. The third kappa shape index (κ3) is 4.37. The van der Waals surface area contributed by atoms with Crippen LogP contribution in [0.2, 0.25) is 0 Å². The van der Waals surface area contributed by atoms with Crippen LogP contribution in [0.4, 0.5) is 0 Å². The average molecular weight is 413 g/mol. The van der Waals surface area contributed by atoms with Crippen molar-refractivity contribution >= 4 is 27.5 Å². The van der Waals surface area contributed by atoms with E-state index in [-0.39, 0.29) is 35.2 Å². The van der Waals surface area contributed by atoms with Crippen molar-refractivity contribution in [1.82, 2.24) is 19.7 Å². The SMILES string of the molecule is CC[C@H](C)N(C(=O)CSc1nnc(-c2ccco2)n1C)[C@H]1CCS(=O)(=O)C1. The third-order valence-corrected chi connectivity index (χ3v) is 7.61. The highest BCUT2D eigenvalue weighted by Gasteiger charge is 2.36. The number of hydrogen-bond donors (Lipinski definition) is 0. The van der Waals surface area contributed by atoms with E-state index in [4.69, 9.17) is 4.42 Å². The minimum absolute atomic E-state index is 0.00502. The summed E-state index contributed by atoms with van der Waals surface area (Å²) in [4.78, 5) is 14.6. The molecule has 0 unspecified atom stereocenters. The number of furan rings is 1. The topological polar surface area (TPSA) is 98.3 Å². The molecule has 0 radical (unpaired) electrons. The molecule has 8 nitrogen and oxygen atoms in total. The van der Waals surface area contributed by atoms with Crippen LogP contribution in [-0.2, 0) is 21.7 Å². The molecule has 1 fully saturated rings. The number of amides is 1. The molecule has 1 saturated heterocycles. The summed E-state index contributed by atoms with van der Waals surface area (Å²) in [5.74, 6) is 1.53. The summed E-state index contributed by atoms with van der Waals surface area (Å²) in [5, 5.41) is 8.87. The Balaban J connectivity index is 1.70. The first kappa shape index (κ1) is 19.9. The molecule has 2 aromatic heterocycles. The fourth-order valence-corrected chi connectivity index (χ4v) is 5.75. The van der Waals surface area contributed by atoms with E-state index in [2.05, 4.69) is 10.2 Å². The molecule has 1 aliphatic heterocycles. The standard InChI is InChI=1S/C17H24N4O4S2/c1-4-12(2)21(13-7-9-27(23,24)11-13)15(22)10-26-17-19-18-16(20(17)3)14-6-5-8-25-14/h5-6,8,12-13H,4,7,9-11H2,1-3H3/t12-,13-/m0/s1. The molecule has 1 amide bonds. The summed E-state index contributed by atoms with van der Waals surface area (Å²) >= 11 is 1.30. The predicted molar refractivity (Wildman–Crippen MR) is 103 cm³/mol. The number of thioether (sulfide) groups is 1. The monoisotopic (exact) mass is 412 g/mol. The lowest BCUT2D eigenvalue weighted by Gasteiger charge is -2.33. The lowest BCUT2D eigenvalue weighted by Crippen LogP contribution is -2.47. The van der Waals surface area contributed by atoms with Gasteiger partial charge in [0.1, 0.15) is 0 Å². The van der Waals surface area contributed by atoms with Crippen LogP contribution < -0.4 is 0 Å². The molecule has 0 N–H and O–H groups in total. The minimum atomic E-state index is -3.05. The van der Waals surface area contributed by atoms with Gasteiger partial charge in [-0.15, -0.1) is 10.2 Å². The number of aromatic nitrogens is 3. The third-order valence-electron chi connectivity index (χ3n) is 4.86. The van der Waals surface area contributed by atoms with Gasteiger partial charge in [-0.1, -0.05) is 18.7 Å². The normalized spacial score (nSPS) is 19.9. The summed E-state index contributed by atoms with van der Waals surface area (Å²) in [7, 11) is -1.23. The van der Waals surface area contributed by atoms with Crippen LogP contribution in [0.5, 0.6) is 0 Å². The second kappa shape index (κ2) is 8.05. The Morgan fingerprint density at radius 1 is 1.48 bits per heavy atom. The highest BCUT2D eigenvalue weighted by molar-refractivity contribution is 7.99. The zero-order valence-electron chi connectivity index (χ0n) is 15.7. The van der Waals surface area contributed by atoms with Crippen molar-refractivity contribution in [3.8, 4) is 11.6 Å². The lowest BCUT2D eigenvalue weighted by molar-refractivity contribution is -0.132. The van der Waals surface area contributed by atoms with Gasteiger partial charge in [-0.05, 0) is 31.9 Å². The first-order chi connectivity index (χ1) is 12.8. The molecule has 2 atom stereocenters. The number of carbonyl (C=O) groups is 1. The number of nitrogens with zero attached hydrogens (tertiary/aromatic N) is 4. The zero-order valence-corrected chi connectivity index (χ0v) is 17.3. The Kier molecular flexibility index (Phi) is 5.95. The van der Waals surface area contributed by atoms with Gasteiger partial charge in [0.05, 0.1) is 23.5 Å². The average Bonchev–Trinajstić information content (AvgIpc) is 3.34. The van der Waals surface area contributed by atoms with Crippen LogP contribution >= 0.6 is 11.8 Å². The molecule has 148 valence electrons. The smallest absolute Gasteiger partial charge is 0.233 e. The van der Waals surface area contributed by atoms with Crippen molar-refractivity contribution < 1.29 is 17.6 Å². The van der Waals surface area contributed by atoms with Gasteiger partial charge in [-0.2, -0.15) is 0 Å². The molecule has 1 aliphatic rings. The van der Waals surface area contributed by atoms with Gasteiger partial charge in [0.2, 0.25) is 5.91 Å². The Bertz CT molecular complexity index is 892. The maximum Gasteiger partial charge on any atom is 0.233 e. The van der Waals surface area contributed by atoms with Crippen LogP contribution in [0.3, 0.4) is 0 Å². The Labute approximate surface area is 163 Å². The van der Waals surface area contributed by atoms with E-state index >= 15 is 0 Å². The summed E-state index contributed by atoms with van der Waals surface area (Å²) in [6.07, 6.45) is 2.86. The quantitative estimate of drug-likeness (QED) is 0.641. The van der Waals surface area contributed by atoms with Crippen molar-refractivity contribution in [3.63, 3.8) is 0 Å². The second-order valence-electron chi connectivity index (χ2n) is 6.75. The second-order valence-corrected chi connectivity index (χ2v) is 9.92. The fraction of sp³-hybridized carbons (Fsp3) is 0.588. The van der Waals surface area contributed by atoms with Gasteiger partial charge in [0.25, 0.3) is 0 Å². The van der Waals surface area contributed by atoms with Crippen LogP contribution in [0.15, 0.2) is 28.0 Å². The maximum absolute atomic E-state index is 12.9. The predicted octanol–water partition coefficient (Wildman–Crippen LogP) is 1.98. The molecule has 3 rings (SSSR count). The summed E-state index contributed by atoms with van der Waals surface area (Å²) < 4.78 is 30.8. The van der Waals surface area contributed by atoms with Crippen LogP contribution in [0.25, 0.3) is 11.6 Å². The zero-order chi connectivity index (χ0) is 19.6. The van der Waals surface area contributed by atoms with E-state index in [1.807, 2.05) is 20.9 Å². The van der Waals surface area contributed by atoms with Crippen molar-refractivity contribution in [2.45, 2.75) is 43.9 Å². The first-order valence-corrected chi connectivity index (χ1v) is 11.7. The van der Waals surface area contributed by atoms with E-state index in [9.17, 15) is 13.2 Å². The molecule has 0 aromatic carbocycles. The van der Waals surface area contributed by atoms with Gasteiger partial charge in [-0.25, -0.2) is 8.42 Å². The van der Waals surface area contributed by atoms with Crippen molar-refractivity contribution in [2.24, 2.45) is 7.05 Å². The minimum Gasteiger partial charge on any atom is -0.461 e. The van der Waals surface area contributed by atoms with Crippen molar-refractivity contribution in [3.05, 3.63) is 18.4 Å². The summed E-state index contributed by atoms with van der Waals surface area (Å²) in [6.45, 7) is 3.96. The van der Waals surface area contributed by atoms with Gasteiger partial charge < -0.3 is 13.9 Å². The molecule has 27 heavy (non-hydrogen) atoms. The summed E-state index contributed by atoms with van der Waals surface area (Å²) in [6, 6.07) is 3.33. The first-order valence-electron chi connectivity index (χ1n) is 8.90. The number of carbonyl (C=O) groups excluding carboxylic acids is 1. The number of hydrogen-bond acceptors (Lipinski definition) is 7. The molecule has 0 aliphatic carbocycles. The maximum atomic E-state index is 12.9. The Hall–Kier alpha value is -1.81. The molecule has 0 saturated carbocycles. The van der Waals surface area contributed by atoms with Crippen LogP contribution in [0, 0.1) is 0 Å². The van der Waals surface area contributed by atoms with E-state index in [0.29, 0.717) is 23.2 Å². The van der Waals surface area contributed by atoms with E-state index in [0.717, 1.165) is 6.42 Å². The summed E-state index contributed by atoms with van der Waals surface area (Å²) in [5.41, 5.74) is 0. The van der Waals surface area contributed by atoms with Crippen molar-refractivity contribution in [1.29, 1.82) is 0 Å². The lowest BCUT2D eigenvalue weighted by atomic mass is 10.1. The van der Waals surface area contributed by atoms with Gasteiger partial charge >= 0.3 is 0 Å². The molecule has 0 bridgehead atoms. The van der Waals surface area contributed by atoms with Gasteiger partial charge in [0.15, 0.2) is 26.6 Å². The number of rotatable bonds is 7. The molecular weight excluding hydrogens is 388 g/mol. The van der Waals surface area contributed by atoms with Crippen LogP contribution in [0.1, 0.15) is 26.7 Å². The van der Waals surface area contributed by atoms with Crippen LogP contribution in [-0.4, -0.2) is 63.3 Å². The molecule has 2 aromatic rings. The highest BCUT2D eigenvalue weighted by atomic mass is 32.2. The van der Waals surface area contributed by atoms with E-state index in [1.165, 1.54) is 11.8 Å². The Morgan fingerprint density at radius 2 is 2.26 bits per heavy atom. The van der Waals surface area contributed by atoms with E-state index < -0.39 is 9.84 Å². The fourth-order valence-electron chi connectivity index (χ4n) is 3.26. The van der Waals surface area contributed by atoms with Crippen molar-refractivity contribution in [2.75, 3.05) is 17.3 Å². The number of sulfone groups is 1. The Morgan fingerprint density at radius 3 is 2.85 bits per heavy atom. The largest absolute Gasteiger partial charge is 0.461 e. The highest BCUT2D eigenvalue weighted by Crippen LogP contribution is 2.26. The molecule has 10 heteroatoms. The van der Waals surface area contributed by atoms with Gasteiger partial charge in [-0.3, -0.25) is 4.79 Å². The molecule has 0 spiro atoms.